The number of hydrogen-bond acceptors (Lipinski definition) is 4. The lowest BCUT2D eigenvalue weighted by Gasteiger charge is -2.33. The lowest BCUT2D eigenvalue weighted by molar-refractivity contribution is -0.139. The van der Waals surface area contributed by atoms with E-state index >= 15 is 0 Å². The van der Waals surface area contributed by atoms with Crippen LogP contribution in [0.4, 0.5) is 0 Å². The largest absolute Gasteiger partial charge is 0.370 e. The lowest BCUT2D eigenvalue weighted by atomic mass is 10.1. The number of benzene rings is 2. The number of hydrogen-bond donors (Lipinski definition) is 1. The van der Waals surface area contributed by atoms with E-state index in [9.17, 15) is 13.2 Å². The van der Waals surface area contributed by atoms with Gasteiger partial charge >= 0.3 is 0 Å². The molecule has 6 nitrogen and oxygen atoms in total. The quantitative estimate of drug-likeness (QED) is 0.696. The van der Waals surface area contributed by atoms with Crippen molar-refractivity contribution in [2.45, 2.75) is 23.8 Å². The summed E-state index contributed by atoms with van der Waals surface area (Å²) in [5.41, 5.74) is 1.05. The number of halogens is 1. The van der Waals surface area contributed by atoms with Gasteiger partial charge in [-0.3, -0.25) is 4.79 Å². The maximum Gasteiger partial charge on any atom is 0.240 e. The predicted molar refractivity (Wildman–Crippen MR) is 108 cm³/mol. The van der Waals surface area contributed by atoms with Gasteiger partial charge in [-0.1, -0.05) is 41.9 Å². The Morgan fingerprint density at radius 1 is 1.14 bits per heavy atom. The number of carbonyl (C=O) groups excluding carboxylic acids is 1. The van der Waals surface area contributed by atoms with Crippen molar-refractivity contribution in [2.75, 3.05) is 26.2 Å². The zero-order chi connectivity index (χ0) is 20.0. The van der Waals surface area contributed by atoms with Crippen LogP contribution in [0.1, 0.15) is 24.5 Å². The zero-order valence-electron chi connectivity index (χ0n) is 15.4. The van der Waals surface area contributed by atoms with Crippen molar-refractivity contribution in [1.82, 2.24) is 9.62 Å². The molecule has 0 saturated carbocycles. The molecule has 1 aliphatic heterocycles. The molecular weight excluding hydrogens is 400 g/mol. The second-order valence-corrected chi connectivity index (χ2v) is 8.77. The highest BCUT2D eigenvalue weighted by Crippen LogP contribution is 2.22. The van der Waals surface area contributed by atoms with E-state index in [2.05, 4.69) is 4.72 Å². The minimum Gasteiger partial charge on any atom is -0.370 e. The highest BCUT2D eigenvalue weighted by atomic mass is 35.5. The summed E-state index contributed by atoms with van der Waals surface area (Å²) in [4.78, 5) is 14.4. The van der Waals surface area contributed by atoms with Gasteiger partial charge in [0.15, 0.2) is 0 Å². The molecule has 3 rings (SSSR count). The van der Waals surface area contributed by atoms with Gasteiger partial charge in [-0.15, -0.1) is 0 Å². The number of ether oxygens (including phenoxy) is 1. The van der Waals surface area contributed by atoms with Crippen LogP contribution in [0.2, 0.25) is 5.02 Å². The molecule has 1 atom stereocenters. The third-order valence-corrected chi connectivity index (χ3v) is 6.30. The van der Waals surface area contributed by atoms with Gasteiger partial charge in [0.2, 0.25) is 15.9 Å². The van der Waals surface area contributed by atoms with Crippen molar-refractivity contribution in [1.29, 1.82) is 0 Å². The van der Waals surface area contributed by atoms with Crippen molar-refractivity contribution < 1.29 is 17.9 Å². The fourth-order valence-corrected chi connectivity index (χ4v) is 4.25. The molecular formula is C20H23ClN2O4S. The number of nitrogens with zero attached hydrogens (tertiary/aromatic N) is 1. The molecule has 2 aromatic rings. The van der Waals surface area contributed by atoms with Crippen molar-refractivity contribution >= 4 is 27.5 Å². The summed E-state index contributed by atoms with van der Waals surface area (Å²) in [5.74, 6) is 0.00919. The van der Waals surface area contributed by atoms with E-state index < -0.39 is 10.0 Å². The van der Waals surface area contributed by atoms with Crippen molar-refractivity contribution in [3.8, 4) is 0 Å². The van der Waals surface area contributed by atoms with Gasteiger partial charge in [-0.2, -0.15) is 0 Å². The van der Waals surface area contributed by atoms with Gasteiger partial charge in [-0.05, 0) is 36.2 Å². The molecule has 0 aliphatic carbocycles. The van der Waals surface area contributed by atoms with E-state index in [4.69, 9.17) is 16.3 Å². The average molecular weight is 423 g/mol. The number of sulfonamides is 1. The van der Waals surface area contributed by atoms with Gasteiger partial charge in [0.1, 0.15) is 6.10 Å². The van der Waals surface area contributed by atoms with Crippen LogP contribution < -0.4 is 4.72 Å². The fraction of sp³-hybridized carbons (Fsp3) is 0.350. The van der Waals surface area contributed by atoms with Gasteiger partial charge in [-0.25, -0.2) is 13.1 Å². The third-order valence-electron chi connectivity index (χ3n) is 4.57. The number of rotatable bonds is 7. The number of amides is 1. The Hall–Kier alpha value is -1.93. The van der Waals surface area contributed by atoms with E-state index in [1.807, 2.05) is 30.3 Å². The summed E-state index contributed by atoms with van der Waals surface area (Å²) < 4.78 is 32.7. The number of carbonyl (C=O) groups is 1. The van der Waals surface area contributed by atoms with Crippen LogP contribution in [0.15, 0.2) is 59.5 Å². The predicted octanol–water partition coefficient (Wildman–Crippen LogP) is 3.00. The smallest absolute Gasteiger partial charge is 0.240 e. The van der Waals surface area contributed by atoms with Crippen LogP contribution in [0, 0.1) is 0 Å². The van der Waals surface area contributed by atoms with Crippen LogP contribution in [0.5, 0.6) is 0 Å². The number of nitrogens with one attached hydrogen (secondary N) is 1. The van der Waals surface area contributed by atoms with Crippen molar-refractivity contribution in [2.24, 2.45) is 0 Å². The van der Waals surface area contributed by atoms with Crippen LogP contribution >= 0.6 is 11.6 Å². The molecule has 0 bridgehead atoms. The highest BCUT2D eigenvalue weighted by Gasteiger charge is 2.25. The first kappa shape index (κ1) is 20.8. The second-order valence-electron chi connectivity index (χ2n) is 6.57. The van der Waals surface area contributed by atoms with E-state index in [1.165, 1.54) is 24.3 Å². The topological polar surface area (TPSA) is 75.7 Å². The molecule has 1 heterocycles. The molecule has 8 heteroatoms. The Labute approximate surface area is 170 Å². The molecule has 28 heavy (non-hydrogen) atoms. The molecule has 1 N–H and O–H groups in total. The molecule has 0 aromatic heterocycles. The average Bonchev–Trinajstić information content (AvgIpc) is 2.72. The Morgan fingerprint density at radius 2 is 1.86 bits per heavy atom. The van der Waals surface area contributed by atoms with Crippen LogP contribution in [0.3, 0.4) is 0 Å². The van der Waals surface area contributed by atoms with Gasteiger partial charge in [0.25, 0.3) is 0 Å². The fourth-order valence-electron chi connectivity index (χ4n) is 3.05. The molecule has 150 valence electrons. The van der Waals surface area contributed by atoms with Crippen molar-refractivity contribution in [3.05, 3.63) is 65.2 Å². The number of morpholine rings is 1. The monoisotopic (exact) mass is 422 g/mol. The Kier molecular flexibility index (Phi) is 7.07. The highest BCUT2D eigenvalue weighted by molar-refractivity contribution is 7.89. The van der Waals surface area contributed by atoms with E-state index in [1.54, 1.807) is 4.90 Å². The zero-order valence-corrected chi connectivity index (χ0v) is 17.0. The summed E-state index contributed by atoms with van der Waals surface area (Å²) >= 11 is 5.78. The molecule has 1 aliphatic rings. The van der Waals surface area contributed by atoms with Crippen LogP contribution in [0.25, 0.3) is 0 Å². The standard InChI is InChI=1S/C20H23ClN2O4S/c21-17-8-10-18(11-9-17)28(25,26)22-12-4-7-20(24)23-13-14-27-19(15-23)16-5-2-1-3-6-16/h1-3,5-6,8-11,19,22H,4,7,12-15H2. The summed E-state index contributed by atoms with van der Waals surface area (Å²) in [7, 11) is -3.60. The van der Waals surface area contributed by atoms with E-state index in [0.717, 1.165) is 5.56 Å². The summed E-state index contributed by atoms with van der Waals surface area (Å²) in [6.45, 7) is 1.76. The minimum absolute atomic E-state index is 0.00919. The summed E-state index contributed by atoms with van der Waals surface area (Å²) in [6.07, 6.45) is 0.589. The summed E-state index contributed by atoms with van der Waals surface area (Å²) in [6, 6.07) is 15.8. The molecule has 0 radical (unpaired) electrons. The molecule has 1 unspecified atom stereocenters. The minimum atomic E-state index is -3.60. The molecule has 1 saturated heterocycles. The first-order valence-electron chi connectivity index (χ1n) is 9.15. The van der Waals surface area contributed by atoms with Gasteiger partial charge < -0.3 is 9.64 Å². The van der Waals surface area contributed by atoms with Crippen LogP contribution in [-0.2, 0) is 19.6 Å². The van der Waals surface area contributed by atoms with Gasteiger partial charge in [0.05, 0.1) is 18.0 Å². The summed E-state index contributed by atoms with van der Waals surface area (Å²) in [5, 5.41) is 0.476. The maximum atomic E-state index is 12.5. The third kappa shape index (κ3) is 5.54. The molecule has 0 spiro atoms. The van der Waals surface area contributed by atoms with E-state index in [0.29, 0.717) is 31.1 Å². The normalized spacial score (nSPS) is 17.5. The van der Waals surface area contributed by atoms with Crippen molar-refractivity contribution in [3.63, 3.8) is 0 Å². The first-order valence-corrected chi connectivity index (χ1v) is 11.0. The van der Waals surface area contributed by atoms with E-state index in [-0.39, 0.29) is 29.9 Å². The maximum absolute atomic E-state index is 12.5. The lowest BCUT2D eigenvalue weighted by Crippen LogP contribution is -2.42. The first-order chi connectivity index (χ1) is 13.5. The molecule has 1 amide bonds. The van der Waals surface area contributed by atoms with Crippen LogP contribution in [-0.4, -0.2) is 45.5 Å². The second kappa shape index (κ2) is 9.52. The molecule has 2 aromatic carbocycles. The SMILES string of the molecule is O=C(CCCNS(=O)(=O)c1ccc(Cl)cc1)N1CCOC(c2ccccc2)C1. The Morgan fingerprint density at radius 3 is 2.57 bits per heavy atom. The Balaban J connectivity index is 1.46. The Bertz CT molecular complexity index is 888. The molecule has 1 fully saturated rings. The van der Waals surface area contributed by atoms with Gasteiger partial charge in [0, 0.05) is 24.5 Å².